The summed E-state index contributed by atoms with van der Waals surface area (Å²) in [5.74, 6) is 0.940. The zero-order valence-corrected chi connectivity index (χ0v) is 15.6. The molecule has 144 valence electrons. The van der Waals surface area contributed by atoms with Gasteiger partial charge in [-0.05, 0) is 61.4 Å². The van der Waals surface area contributed by atoms with Crippen LogP contribution in [0.2, 0.25) is 0 Å². The Morgan fingerprint density at radius 3 is 2.54 bits per heavy atom. The van der Waals surface area contributed by atoms with E-state index in [0.29, 0.717) is 36.5 Å². The van der Waals surface area contributed by atoms with Crippen LogP contribution in [0.4, 0.5) is 15.9 Å². The van der Waals surface area contributed by atoms with Crippen LogP contribution in [0.1, 0.15) is 22.8 Å². The monoisotopic (exact) mass is 379 g/mol. The maximum atomic E-state index is 13.6. The number of anilines is 2. The largest absolute Gasteiger partial charge is 0.494 e. The van der Waals surface area contributed by atoms with Crippen molar-refractivity contribution in [2.75, 3.05) is 18.5 Å². The van der Waals surface area contributed by atoms with E-state index in [2.05, 4.69) is 15.6 Å². The summed E-state index contributed by atoms with van der Waals surface area (Å²) in [6, 6.07) is 17.5. The highest BCUT2D eigenvalue weighted by Crippen LogP contribution is 2.19. The van der Waals surface area contributed by atoms with Gasteiger partial charge in [0.25, 0.3) is 5.91 Å². The van der Waals surface area contributed by atoms with Crippen molar-refractivity contribution in [3.05, 3.63) is 83.8 Å². The zero-order valence-electron chi connectivity index (χ0n) is 15.6. The van der Waals surface area contributed by atoms with E-state index in [1.807, 2.05) is 31.2 Å². The number of halogens is 1. The van der Waals surface area contributed by atoms with Gasteiger partial charge in [-0.2, -0.15) is 0 Å². The van der Waals surface area contributed by atoms with Crippen LogP contribution in [-0.2, 0) is 6.42 Å². The smallest absolute Gasteiger partial charge is 0.252 e. The third-order valence-electron chi connectivity index (χ3n) is 4.10. The third kappa shape index (κ3) is 5.30. The normalized spacial score (nSPS) is 10.4. The van der Waals surface area contributed by atoms with Gasteiger partial charge in [0.1, 0.15) is 17.4 Å². The zero-order chi connectivity index (χ0) is 19.8. The van der Waals surface area contributed by atoms with Gasteiger partial charge in [-0.15, -0.1) is 0 Å². The first-order valence-electron chi connectivity index (χ1n) is 9.13. The van der Waals surface area contributed by atoms with Gasteiger partial charge in [0.05, 0.1) is 12.2 Å². The molecule has 2 aromatic carbocycles. The van der Waals surface area contributed by atoms with Gasteiger partial charge in [-0.3, -0.25) is 4.79 Å². The molecule has 0 saturated carbocycles. The molecule has 0 unspecified atom stereocenters. The molecule has 3 aromatic rings. The average molecular weight is 379 g/mol. The molecule has 28 heavy (non-hydrogen) atoms. The molecule has 5 nitrogen and oxygen atoms in total. The lowest BCUT2D eigenvalue weighted by Crippen LogP contribution is -2.26. The predicted octanol–water partition coefficient (Wildman–Crippen LogP) is 4.34. The number of benzene rings is 2. The molecular formula is C22H22FN3O2. The van der Waals surface area contributed by atoms with E-state index in [9.17, 15) is 9.18 Å². The number of carbonyl (C=O) groups excluding carboxylic acids is 1. The van der Waals surface area contributed by atoms with Crippen LogP contribution in [-0.4, -0.2) is 24.0 Å². The molecule has 1 heterocycles. The Balaban J connectivity index is 1.51. The number of rotatable bonds is 8. The van der Waals surface area contributed by atoms with Crippen molar-refractivity contribution < 1.29 is 13.9 Å². The van der Waals surface area contributed by atoms with Crippen LogP contribution >= 0.6 is 0 Å². The van der Waals surface area contributed by atoms with Gasteiger partial charge in [0, 0.05) is 18.4 Å². The summed E-state index contributed by atoms with van der Waals surface area (Å²) in [7, 11) is 0. The van der Waals surface area contributed by atoms with Crippen LogP contribution in [0, 0.1) is 5.82 Å². The molecule has 0 saturated heterocycles. The summed E-state index contributed by atoms with van der Waals surface area (Å²) in [6.07, 6.45) is 1.94. The molecule has 3 rings (SSSR count). The fourth-order valence-corrected chi connectivity index (χ4v) is 2.67. The standard InChI is InChI=1S/C22H22FN3O2/c1-2-28-19-10-8-18(9-11-19)26-21-12-7-17(15-25-21)22(27)24-14-13-16-5-3-4-6-20(16)23/h3-12,15H,2,13-14H2,1H3,(H,24,27)(H,25,26). The van der Waals surface area contributed by atoms with Gasteiger partial charge >= 0.3 is 0 Å². The molecule has 0 aliphatic heterocycles. The minimum Gasteiger partial charge on any atom is -0.494 e. The molecule has 0 bridgehead atoms. The summed E-state index contributed by atoms with van der Waals surface area (Å²) in [4.78, 5) is 16.5. The highest BCUT2D eigenvalue weighted by Gasteiger charge is 2.07. The van der Waals surface area contributed by atoms with Crippen LogP contribution in [0.3, 0.4) is 0 Å². The summed E-state index contributed by atoms with van der Waals surface area (Å²) in [5.41, 5.74) is 1.90. The number of hydrogen-bond donors (Lipinski definition) is 2. The number of ether oxygens (including phenoxy) is 1. The first kappa shape index (κ1) is 19.4. The van der Waals surface area contributed by atoms with Gasteiger partial charge in [0.2, 0.25) is 0 Å². The van der Waals surface area contributed by atoms with E-state index < -0.39 is 0 Å². The first-order chi connectivity index (χ1) is 13.7. The fraction of sp³-hybridized carbons (Fsp3) is 0.182. The quantitative estimate of drug-likeness (QED) is 0.611. The van der Waals surface area contributed by atoms with Crippen LogP contribution < -0.4 is 15.4 Å². The van der Waals surface area contributed by atoms with E-state index in [1.54, 1.807) is 30.3 Å². The van der Waals surface area contributed by atoms with Crippen molar-refractivity contribution in [3.63, 3.8) is 0 Å². The van der Waals surface area contributed by atoms with E-state index in [4.69, 9.17) is 4.74 Å². The van der Waals surface area contributed by atoms with E-state index in [0.717, 1.165) is 11.4 Å². The van der Waals surface area contributed by atoms with Crippen molar-refractivity contribution in [1.82, 2.24) is 10.3 Å². The molecule has 6 heteroatoms. The van der Waals surface area contributed by atoms with Crippen molar-refractivity contribution in [2.45, 2.75) is 13.3 Å². The number of pyridine rings is 1. The van der Waals surface area contributed by atoms with E-state index >= 15 is 0 Å². The molecule has 0 atom stereocenters. The Hall–Kier alpha value is -3.41. The van der Waals surface area contributed by atoms with Crippen molar-refractivity contribution in [1.29, 1.82) is 0 Å². The Labute approximate surface area is 163 Å². The minimum absolute atomic E-state index is 0.239. The number of amides is 1. The summed E-state index contributed by atoms with van der Waals surface area (Å²) >= 11 is 0. The highest BCUT2D eigenvalue weighted by molar-refractivity contribution is 5.94. The predicted molar refractivity (Wildman–Crippen MR) is 108 cm³/mol. The first-order valence-corrected chi connectivity index (χ1v) is 9.13. The topological polar surface area (TPSA) is 63.2 Å². The second kappa shape index (κ2) is 9.50. The number of aromatic nitrogens is 1. The summed E-state index contributed by atoms with van der Waals surface area (Å²) in [5, 5.41) is 5.95. The van der Waals surface area contributed by atoms with E-state index in [1.165, 1.54) is 12.3 Å². The van der Waals surface area contributed by atoms with Crippen molar-refractivity contribution >= 4 is 17.4 Å². The maximum absolute atomic E-state index is 13.6. The van der Waals surface area contributed by atoms with Gasteiger partial charge in [-0.25, -0.2) is 9.37 Å². The Kier molecular flexibility index (Phi) is 6.57. The number of carbonyl (C=O) groups is 1. The molecule has 1 amide bonds. The molecule has 0 fully saturated rings. The molecule has 0 radical (unpaired) electrons. The lowest BCUT2D eigenvalue weighted by molar-refractivity contribution is 0.0953. The highest BCUT2D eigenvalue weighted by atomic mass is 19.1. The lowest BCUT2D eigenvalue weighted by Gasteiger charge is -2.09. The average Bonchev–Trinajstić information content (AvgIpc) is 2.71. The van der Waals surface area contributed by atoms with Gasteiger partial charge in [-0.1, -0.05) is 18.2 Å². The summed E-state index contributed by atoms with van der Waals surface area (Å²) < 4.78 is 19.0. The molecule has 2 N–H and O–H groups in total. The minimum atomic E-state index is -0.261. The Bertz CT molecular complexity index is 912. The molecule has 0 aliphatic rings. The van der Waals surface area contributed by atoms with Crippen molar-refractivity contribution in [2.24, 2.45) is 0 Å². The molecule has 0 spiro atoms. The van der Waals surface area contributed by atoms with Crippen molar-refractivity contribution in [3.8, 4) is 5.75 Å². The Morgan fingerprint density at radius 2 is 1.86 bits per heavy atom. The molecule has 0 aliphatic carbocycles. The lowest BCUT2D eigenvalue weighted by atomic mass is 10.1. The molecule has 1 aromatic heterocycles. The Morgan fingerprint density at radius 1 is 1.07 bits per heavy atom. The number of hydrogen-bond acceptors (Lipinski definition) is 4. The van der Waals surface area contributed by atoms with Crippen LogP contribution in [0.25, 0.3) is 0 Å². The second-order valence-electron chi connectivity index (χ2n) is 6.11. The SMILES string of the molecule is CCOc1ccc(Nc2ccc(C(=O)NCCc3ccccc3F)cn2)cc1. The maximum Gasteiger partial charge on any atom is 0.252 e. The van der Waals surface area contributed by atoms with E-state index in [-0.39, 0.29) is 11.7 Å². The fourth-order valence-electron chi connectivity index (χ4n) is 2.67. The van der Waals surface area contributed by atoms with Gasteiger partial charge < -0.3 is 15.4 Å². The van der Waals surface area contributed by atoms with Gasteiger partial charge in [0.15, 0.2) is 0 Å². The summed E-state index contributed by atoms with van der Waals surface area (Å²) in [6.45, 7) is 2.91. The third-order valence-corrected chi connectivity index (χ3v) is 4.10. The van der Waals surface area contributed by atoms with Crippen LogP contribution in [0.5, 0.6) is 5.75 Å². The second-order valence-corrected chi connectivity index (χ2v) is 6.11. The number of nitrogens with one attached hydrogen (secondary N) is 2. The molecular weight excluding hydrogens is 357 g/mol. The number of nitrogens with zero attached hydrogens (tertiary/aromatic N) is 1. The van der Waals surface area contributed by atoms with Crippen LogP contribution in [0.15, 0.2) is 66.9 Å².